The Balaban J connectivity index is 1.58. The minimum absolute atomic E-state index is 0.0353. The second-order valence-corrected chi connectivity index (χ2v) is 14.9. The van der Waals surface area contributed by atoms with Gasteiger partial charge in [-0.05, 0) is 106 Å². The monoisotopic (exact) mass is 556 g/mol. The SMILES string of the molecule is CC(=O)CC[C@@H](C)C1CCC2C3C([C@H](NC(=O)C4CCCN4)C(=O)[C@@]21C)[C@@]1(C)CC[C@@H](C)C[C@H]1C[C@H]3OC(C)=O. The lowest BCUT2D eigenvalue weighted by atomic mass is 9.41. The summed E-state index contributed by atoms with van der Waals surface area (Å²) in [6.07, 6.45) is 8.76. The Bertz CT molecular complexity index is 1020. The van der Waals surface area contributed by atoms with Crippen molar-refractivity contribution in [3.63, 3.8) is 0 Å². The molecule has 40 heavy (non-hydrogen) atoms. The van der Waals surface area contributed by atoms with Crippen LogP contribution in [0.2, 0.25) is 0 Å². The number of ketones is 2. The van der Waals surface area contributed by atoms with Gasteiger partial charge in [0.15, 0.2) is 5.78 Å². The molecule has 1 saturated heterocycles. The molecule has 7 heteroatoms. The van der Waals surface area contributed by atoms with Crippen LogP contribution in [0.5, 0.6) is 0 Å². The van der Waals surface area contributed by atoms with Gasteiger partial charge in [-0.25, -0.2) is 0 Å². The Labute approximate surface area is 240 Å². The van der Waals surface area contributed by atoms with Gasteiger partial charge in [0.2, 0.25) is 5.91 Å². The van der Waals surface area contributed by atoms with Gasteiger partial charge in [-0.15, -0.1) is 0 Å². The molecule has 4 aliphatic carbocycles. The number of rotatable bonds is 7. The molecule has 7 nitrogen and oxygen atoms in total. The number of amides is 1. The van der Waals surface area contributed by atoms with Gasteiger partial charge in [0.1, 0.15) is 11.9 Å². The van der Waals surface area contributed by atoms with Crippen molar-refractivity contribution in [2.24, 2.45) is 52.3 Å². The zero-order valence-electron chi connectivity index (χ0n) is 25.6. The molecule has 0 aromatic heterocycles. The van der Waals surface area contributed by atoms with Crippen LogP contribution in [0, 0.1) is 52.3 Å². The summed E-state index contributed by atoms with van der Waals surface area (Å²) in [6, 6.07) is -0.838. The molecule has 12 atom stereocenters. The predicted octanol–water partition coefficient (Wildman–Crippen LogP) is 4.85. The molecule has 0 aromatic carbocycles. The molecule has 0 bridgehead atoms. The first-order valence-electron chi connectivity index (χ1n) is 16.1. The second-order valence-electron chi connectivity index (χ2n) is 14.9. The van der Waals surface area contributed by atoms with Crippen molar-refractivity contribution in [1.29, 1.82) is 0 Å². The van der Waals surface area contributed by atoms with E-state index in [0.29, 0.717) is 18.3 Å². The van der Waals surface area contributed by atoms with Gasteiger partial charge in [0.25, 0.3) is 0 Å². The summed E-state index contributed by atoms with van der Waals surface area (Å²) in [6.45, 7) is 13.0. The van der Waals surface area contributed by atoms with Crippen LogP contribution < -0.4 is 10.6 Å². The predicted molar refractivity (Wildman–Crippen MR) is 153 cm³/mol. The Morgan fingerprint density at radius 2 is 1.85 bits per heavy atom. The van der Waals surface area contributed by atoms with E-state index in [4.69, 9.17) is 4.74 Å². The molecule has 1 amide bonds. The van der Waals surface area contributed by atoms with E-state index < -0.39 is 11.5 Å². The van der Waals surface area contributed by atoms with Gasteiger partial charge in [-0.3, -0.25) is 14.4 Å². The standard InChI is InChI=1S/C33H52N2O5/c1-18-13-14-32(5)22(16-18)17-26(40-21(4)37)27-24-12-11-23(19(2)9-10-20(3)36)33(24,6)30(38)29(28(27)32)35-31(39)25-8-7-15-34-25/h18-19,22-29,34H,7-17H2,1-6H3,(H,35,39)/t18-,19-,22+,23?,24?,25?,26-,27?,28?,29+,32+,33-/m1/s1. The van der Waals surface area contributed by atoms with E-state index >= 15 is 0 Å². The van der Waals surface area contributed by atoms with Gasteiger partial charge in [0, 0.05) is 24.7 Å². The van der Waals surface area contributed by atoms with Crippen LogP contribution >= 0.6 is 0 Å². The van der Waals surface area contributed by atoms with Gasteiger partial charge in [-0.2, -0.15) is 0 Å². The lowest BCUT2D eigenvalue weighted by Gasteiger charge is -2.64. The summed E-state index contributed by atoms with van der Waals surface area (Å²) in [4.78, 5) is 53.0. The number of nitrogens with one attached hydrogen (secondary N) is 2. The Morgan fingerprint density at radius 3 is 2.50 bits per heavy atom. The summed E-state index contributed by atoms with van der Waals surface area (Å²) in [5.41, 5.74) is -0.716. The zero-order valence-corrected chi connectivity index (χ0v) is 25.6. The average Bonchev–Trinajstić information content (AvgIpc) is 3.54. The third-order valence-electron chi connectivity index (χ3n) is 12.5. The maximum atomic E-state index is 15.0. The van der Waals surface area contributed by atoms with Crippen molar-refractivity contribution in [3.8, 4) is 0 Å². The van der Waals surface area contributed by atoms with Gasteiger partial charge < -0.3 is 20.2 Å². The molecule has 5 unspecified atom stereocenters. The minimum atomic E-state index is -0.623. The van der Waals surface area contributed by atoms with Crippen molar-refractivity contribution in [1.82, 2.24) is 10.6 Å². The van der Waals surface area contributed by atoms with E-state index in [1.165, 1.54) is 6.92 Å². The fourth-order valence-electron chi connectivity index (χ4n) is 10.5. The molecular formula is C33H52N2O5. The average molecular weight is 557 g/mol. The molecule has 224 valence electrons. The number of ether oxygens (including phenoxy) is 1. The summed E-state index contributed by atoms with van der Waals surface area (Å²) in [5.74, 6) is 1.47. The maximum Gasteiger partial charge on any atom is 0.302 e. The van der Waals surface area contributed by atoms with Crippen LogP contribution in [-0.2, 0) is 23.9 Å². The van der Waals surface area contributed by atoms with Crippen LogP contribution in [0.3, 0.4) is 0 Å². The van der Waals surface area contributed by atoms with Crippen LogP contribution in [0.4, 0.5) is 0 Å². The van der Waals surface area contributed by atoms with Gasteiger partial charge in [-0.1, -0.05) is 34.1 Å². The largest absolute Gasteiger partial charge is 0.462 e. The molecular weight excluding hydrogens is 504 g/mol. The quantitative estimate of drug-likeness (QED) is 0.435. The maximum absolute atomic E-state index is 15.0. The highest BCUT2D eigenvalue weighted by molar-refractivity contribution is 5.96. The number of Topliss-reactive ketones (excluding diaryl/α,β-unsaturated/α-hetero) is 2. The first-order valence-corrected chi connectivity index (χ1v) is 16.1. The van der Waals surface area contributed by atoms with E-state index in [-0.39, 0.29) is 70.6 Å². The summed E-state index contributed by atoms with van der Waals surface area (Å²) in [7, 11) is 0. The summed E-state index contributed by atoms with van der Waals surface area (Å²) < 4.78 is 6.19. The second kappa shape index (κ2) is 11.1. The van der Waals surface area contributed by atoms with Gasteiger partial charge in [0.05, 0.1) is 12.1 Å². The van der Waals surface area contributed by atoms with Gasteiger partial charge >= 0.3 is 5.97 Å². The molecule has 5 aliphatic rings. The topological polar surface area (TPSA) is 102 Å². The number of fused-ring (bicyclic) bond motifs is 5. The molecule has 0 radical (unpaired) electrons. The Morgan fingerprint density at radius 1 is 1.10 bits per heavy atom. The first-order chi connectivity index (χ1) is 18.9. The van der Waals surface area contributed by atoms with Crippen molar-refractivity contribution >= 4 is 23.4 Å². The van der Waals surface area contributed by atoms with E-state index in [0.717, 1.165) is 64.3 Å². The summed E-state index contributed by atoms with van der Waals surface area (Å²) in [5, 5.41) is 6.68. The normalized spacial score (nSPS) is 45.1. The summed E-state index contributed by atoms with van der Waals surface area (Å²) >= 11 is 0. The highest BCUT2D eigenvalue weighted by atomic mass is 16.5. The van der Waals surface area contributed by atoms with E-state index in [2.05, 4.69) is 38.3 Å². The third-order valence-corrected chi connectivity index (χ3v) is 12.5. The third kappa shape index (κ3) is 4.96. The fraction of sp³-hybridized carbons (Fsp3) is 0.879. The van der Waals surface area contributed by atoms with Crippen LogP contribution in [0.15, 0.2) is 0 Å². The van der Waals surface area contributed by atoms with Crippen molar-refractivity contribution in [3.05, 3.63) is 0 Å². The van der Waals surface area contributed by atoms with Crippen LogP contribution in [0.1, 0.15) is 106 Å². The Hall–Kier alpha value is -1.76. The van der Waals surface area contributed by atoms with Crippen LogP contribution in [0.25, 0.3) is 0 Å². The number of carbonyl (C=O) groups is 4. The molecule has 4 saturated carbocycles. The first kappa shape index (κ1) is 29.7. The number of esters is 1. The molecule has 5 fully saturated rings. The molecule has 0 spiro atoms. The molecule has 2 N–H and O–H groups in total. The zero-order chi connectivity index (χ0) is 29.0. The molecule has 0 aromatic rings. The Kier molecular flexibility index (Phi) is 8.28. The fourth-order valence-corrected chi connectivity index (χ4v) is 10.5. The van der Waals surface area contributed by atoms with E-state index in [1.54, 1.807) is 6.92 Å². The number of hydrogen-bond donors (Lipinski definition) is 2. The number of hydrogen-bond acceptors (Lipinski definition) is 6. The van der Waals surface area contributed by atoms with Crippen LogP contribution in [-0.4, -0.2) is 48.2 Å². The molecule has 1 aliphatic heterocycles. The minimum Gasteiger partial charge on any atom is -0.462 e. The van der Waals surface area contributed by atoms with Crippen molar-refractivity contribution in [2.75, 3.05) is 6.54 Å². The molecule has 1 heterocycles. The lowest BCUT2D eigenvalue weighted by molar-refractivity contribution is -0.199. The van der Waals surface area contributed by atoms with E-state index in [9.17, 15) is 19.2 Å². The van der Waals surface area contributed by atoms with E-state index in [1.807, 2.05) is 0 Å². The highest BCUT2D eigenvalue weighted by Crippen LogP contribution is 2.68. The highest BCUT2D eigenvalue weighted by Gasteiger charge is 2.70. The van der Waals surface area contributed by atoms with Crippen molar-refractivity contribution < 1.29 is 23.9 Å². The number of carbonyl (C=O) groups excluding carboxylic acids is 4. The molecule has 5 rings (SSSR count). The lowest BCUT2D eigenvalue weighted by Crippen LogP contribution is -2.70. The smallest absolute Gasteiger partial charge is 0.302 e. The van der Waals surface area contributed by atoms with Crippen molar-refractivity contribution in [2.45, 2.75) is 124 Å².